The fraction of sp³-hybridized carbons (Fsp3) is 0.611. The molecule has 0 N–H and O–H groups in total. The van der Waals surface area contributed by atoms with Crippen LogP contribution in [-0.2, 0) is 0 Å². The third kappa shape index (κ3) is 3.33. The van der Waals surface area contributed by atoms with Crippen molar-refractivity contribution in [1.82, 2.24) is 24.4 Å². The van der Waals surface area contributed by atoms with E-state index in [0.717, 1.165) is 32.2 Å². The molecule has 1 saturated carbocycles. The molecule has 0 aromatic carbocycles. The van der Waals surface area contributed by atoms with Gasteiger partial charge in [0.05, 0.1) is 13.3 Å². The number of hydrogen-bond acceptors (Lipinski definition) is 5. The van der Waals surface area contributed by atoms with Gasteiger partial charge in [0.15, 0.2) is 5.65 Å². The monoisotopic (exact) mass is 343 g/mol. The fourth-order valence-corrected chi connectivity index (χ4v) is 3.97. The molecule has 0 unspecified atom stereocenters. The fourth-order valence-electron chi connectivity index (χ4n) is 3.97. The number of piperazine rings is 1. The molecule has 2 aromatic rings. The van der Waals surface area contributed by atoms with Crippen molar-refractivity contribution in [3.05, 3.63) is 24.0 Å². The first kappa shape index (κ1) is 16.3. The standard InChI is InChI=1S/C18H25N5O2/c1-25-17-8-7-16-19-15(13-23(16)20-17)18(24)22-11-9-21(10-12-22)14-5-3-2-4-6-14/h7-8,13-14H,2-6,9-12H2,1H3. The van der Waals surface area contributed by atoms with Gasteiger partial charge in [0.1, 0.15) is 5.69 Å². The number of fused-ring (bicyclic) bond motifs is 1. The number of nitrogens with zero attached hydrogens (tertiary/aromatic N) is 5. The van der Waals surface area contributed by atoms with Crippen molar-refractivity contribution in [3.63, 3.8) is 0 Å². The Morgan fingerprint density at radius 3 is 2.60 bits per heavy atom. The predicted octanol–water partition coefficient (Wildman–Crippen LogP) is 1.83. The van der Waals surface area contributed by atoms with E-state index < -0.39 is 0 Å². The Kier molecular flexibility index (Phi) is 4.57. The van der Waals surface area contributed by atoms with Gasteiger partial charge in [-0.25, -0.2) is 9.50 Å². The number of amides is 1. The summed E-state index contributed by atoms with van der Waals surface area (Å²) in [5.74, 6) is 0.498. The average molecular weight is 343 g/mol. The maximum absolute atomic E-state index is 12.8. The molecule has 0 radical (unpaired) electrons. The Morgan fingerprint density at radius 1 is 1.12 bits per heavy atom. The number of aromatic nitrogens is 3. The van der Waals surface area contributed by atoms with Crippen LogP contribution < -0.4 is 4.74 Å². The molecule has 25 heavy (non-hydrogen) atoms. The van der Waals surface area contributed by atoms with E-state index in [1.807, 2.05) is 11.0 Å². The summed E-state index contributed by atoms with van der Waals surface area (Å²) in [7, 11) is 1.57. The molecule has 1 saturated heterocycles. The second-order valence-electron chi connectivity index (χ2n) is 6.92. The summed E-state index contributed by atoms with van der Waals surface area (Å²) in [5.41, 5.74) is 1.11. The first-order chi connectivity index (χ1) is 12.2. The normalized spacial score (nSPS) is 20.1. The molecule has 3 heterocycles. The lowest BCUT2D eigenvalue weighted by Crippen LogP contribution is -2.52. The van der Waals surface area contributed by atoms with Gasteiger partial charge < -0.3 is 9.64 Å². The van der Waals surface area contributed by atoms with Crippen molar-refractivity contribution in [2.45, 2.75) is 38.1 Å². The smallest absolute Gasteiger partial charge is 0.274 e. The lowest BCUT2D eigenvalue weighted by atomic mass is 9.94. The van der Waals surface area contributed by atoms with Crippen molar-refractivity contribution in [2.24, 2.45) is 0 Å². The quantitative estimate of drug-likeness (QED) is 0.851. The molecule has 1 aliphatic carbocycles. The Labute approximate surface area is 147 Å². The maximum Gasteiger partial charge on any atom is 0.274 e. The lowest BCUT2D eigenvalue weighted by molar-refractivity contribution is 0.0519. The van der Waals surface area contributed by atoms with Gasteiger partial charge in [-0.1, -0.05) is 19.3 Å². The maximum atomic E-state index is 12.8. The Balaban J connectivity index is 1.41. The van der Waals surface area contributed by atoms with E-state index in [-0.39, 0.29) is 5.91 Å². The van der Waals surface area contributed by atoms with Crippen molar-refractivity contribution in [1.29, 1.82) is 0 Å². The molecule has 7 nitrogen and oxygen atoms in total. The lowest BCUT2D eigenvalue weighted by Gasteiger charge is -2.40. The van der Waals surface area contributed by atoms with Crippen LogP contribution in [0.25, 0.3) is 5.65 Å². The predicted molar refractivity (Wildman–Crippen MR) is 93.9 cm³/mol. The minimum Gasteiger partial charge on any atom is -0.480 e. The number of imidazole rings is 1. The van der Waals surface area contributed by atoms with E-state index in [2.05, 4.69) is 15.0 Å². The van der Waals surface area contributed by atoms with E-state index in [4.69, 9.17) is 4.74 Å². The topological polar surface area (TPSA) is 63.0 Å². The summed E-state index contributed by atoms with van der Waals surface area (Å²) in [6.45, 7) is 3.49. The molecule has 134 valence electrons. The number of rotatable bonds is 3. The molecule has 0 atom stereocenters. The summed E-state index contributed by atoms with van der Waals surface area (Å²) < 4.78 is 6.72. The number of methoxy groups -OCH3 is 1. The minimum atomic E-state index is -0.00670. The highest BCUT2D eigenvalue weighted by molar-refractivity contribution is 5.93. The second-order valence-corrected chi connectivity index (χ2v) is 6.92. The molecule has 7 heteroatoms. The highest BCUT2D eigenvalue weighted by atomic mass is 16.5. The third-order valence-electron chi connectivity index (χ3n) is 5.42. The van der Waals surface area contributed by atoms with E-state index in [1.54, 1.807) is 23.9 Å². The zero-order chi connectivity index (χ0) is 17.2. The number of carbonyl (C=O) groups excluding carboxylic acids is 1. The van der Waals surface area contributed by atoms with Crippen LogP contribution in [0.2, 0.25) is 0 Å². The van der Waals surface area contributed by atoms with E-state index in [0.29, 0.717) is 17.2 Å². The summed E-state index contributed by atoms with van der Waals surface area (Å²) in [5, 5.41) is 4.27. The van der Waals surface area contributed by atoms with Gasteiger partial charge in [-0.15, -0.1) is 5.10 Å². The zero-order valence-corrected chi connectivity index (χ0v) is 14.7. The van der Waals surface area contributed by atoms with Crippen molar-refractivity contribution < 1.29 is 9.53 Å². The van der Waals surface area contributed by atoms with Crippen LogP contribution in [-0.4, -0.2) is 69.6 Å². The van der Waals surface area contributed by atoms with Crippen molar-refractivity contribution in [3.8, 4) is 5.88 Å². The molecule has 0 spiro atoms. The first-order valence-corrected chi connectivity index (χ1v) is 9.18. The summed E-state index contributed by atoms with van der Waals surface area (Å²) in [4.78, 5) is 21.7. The third-order valence-corrected chi connectivity index (χ3v) is 5.42. The molecule has 4 rings (SSSR count). The number of carbonyl (C=O) groups is 1. The highest BCUT2D eigenvalue weighted by Gasteiger charge is 2.28. The van der Waals surface area contributed by atoms with Crippen LogP contribution in [0.1, 0.15) is 42.6 Å². The molecule has 2 fully saturated rings. The zero-order valence-electron chi connectivity index (χ0n) is 14.7. The minimum absolute atomic E-state index is 0.00670. The Bertz CT molecular complexity index is 745. The molecule has 1 aliphatic heterocycles. The number of ether oxygens (including phenoxy) is 1. The first-order valence-electron chi connectivity index (χ1n) is 9.18. The van der Waals surface area contributed by atoms with Gasteiger partial charge in [0, 0.05) is 38.3 Å². The molecular formula is C18H25N5O2. The molecular weight excluding hydrogens is 318 g/mol. The second kappa shape index (κ2) is 7.00. The molecule has 1 amide bonds. The summed E-state index contributed by atoms with van der Waals surface area (Å²) >= 11 is 0. The molecule has 2 aromatic heterocycles. The Hall–Kier alpha value is -2.15. The van der Waals surface area contributed by atoms with Gasteiger partial charge in [0.2, 0.25) is 5.88 Å². The van der Waals surface area contributed by atoms with Crippen LogP contribution in [0.5, 0.6) is 5.88 Å². The van der Waals surface area contributed by atoms with Gasteiger partial charge >= 0.3 is 0 Å². The van der Waals surface area contributed by atoms with Crippen molar-refractivity contribution in [2.75, 3.05) is 33.3 Å². The molecule has 0 bridgehead atoms. The Morgan fingerprint density at radius 2 is 1.88 bits per heavy atom. The van der Waals surface area contributed by atoms with Gasteiger partial charge in [0.25, 0.3) is 5.91 Å². The highest BCUT2D eigenvalue weighted by Crippen LogP contribution is 2.23. The summed E-state index contributed by atoms with van der Waals surface area (Å²) in [6.07, 6.45) is 8.39. The average Bonchev–Trinajstić information content (AvgIpc) is 3.11. The van der Waals surface area contributed by atoms with Gasteiger partial charge in [-0.2, -0.15) is 0 Å². The van der Waals surface area contributed by atoms with Crippen LogP contribution in [0, 0.1) is 0 Å². The van der Waals surface area contributed by atoms with Crippen LogP contribution in [0.3, 0.4) is 0 Å². The van der Waals surface area contributed by atoms with Gasteiger partial charge in [-0.3, -0.25) is 9.69 Å². The van der Waals surface area contributed by atoms with Crippen LogP contribution >= 0.6 is 0 Å². The van der Waals surface area contributed by atoms with E-state index in [1.165, 1.54) is 32.1 Å². The number of hydrogen-bond donors (Lipinski definition) is 0. The van der Waals surface area contributed by atoms with E-state index >= 15 is 0 Å². The summed E-state index contributed by atoms with van der Waals surface area (Å²) in [6, 6.07) is 4.28. The molecule has 2 aliphatic rings. The van der Waals surface area contributed by atoms with Crippen LogP contribution in [0.15, 0.2) is 18.3 Å². The van der Waals surface area contributed by atoms with Gasteiger partial charge in [-0.05, 0) is 18.9 Å². The van der Waals surface area contributed by atoms with E-state index in [9.17, 15) is 4.79 Å². The van der Waals surface area contributed by atoms with Crippen LogP contribution in [0.4, 0.5) is 0 Å². The SMILES string of the molecule is COc1ccc2nc(C(=O)N3CCN(C4CCCCC4)CC3)cn2n1. The van der Waals surface area contributed by atoms with Crippen molar-refractivity contribution >= 4 is 11.6 Å². The largest absolute Gasteiger partial charge is 0.480 e.